The van der Waals surface area contributed by atoms with Gasteiger partial charge in [0.05, 0.1) is 0 Å². The summed E-state index contributed by atoms with van der Waals surface area (Å²) in [5.41, 5.74) is 0. The Morgan fingerprint density at radius 3 is 2.85 bits per heavy atom. The summed E-state index contributed by atoms with van der Waals surface area (Å²) in [6, 6.07) is 4.37. The standard InChI is InChI=1S/C11H19NS/c1-3-10(9-12-4-2)8-11-6-5-7-13-11/h5-7,10,12H,3-4,8-9H2,1-2H3. The second-order valence-corrected chi connectivity index (χ2v) is 4.40. The lowest BCUT2D eigenvalue weighted by Crippen LogP contribution is -2.23. The third-order valence-corrected chi connectivity index (χ3v) is 3.23. The molecule has 0 aliphatic carbocycles. The monoisotopic (exact) mass is 197 g/mol. The molecule has 0 spiro atoms. The van der Waals surface area contributed by atoms with Crippen LogP contribution in [0.25, 0.3) is 0 Å². The van der Waals surface area contributed by atoms with Gasteiger partial charge in [0, 0.05) is 4.88 Å². The van der Waals surface area contributed by atoms with Crippen LogP contribution in [0, 0.1) is 5.92 Å². The molecule has 0 aromatic carbocycles. The summed E-state index contributed by atoms with van der Waals surface area (Å²) >= 11 is 1.87. The van der Waals surface area contributed by atoms with Gasteiger partial charge in [0.1, 0.15) is 0 Å². The van der Waals surface area contributed by atoms with Crippen LogP contribution in [0.2, 0.25) is 0 Å². The van der Waals surface area contributed by atoms with E-state index in [1.54, 1.807) is 0 Å². The topological polar surface area (TPSA) is 12.0 Å². The molecule has 1 N–H and O–H groups in total. The first-order chi connectivity index (χ1) is 6.36. The van der Waals surface area contributed by atoms with Crippen molar-refractivity contribution < 1.29 is 0 Å². The van der Waals surface area contributed by atoms with Gasteiger partial charge < -0.3 is 5.32 Å². The molecule has 0 saturated carbocycles. The molecule has 74 valence electrons. The van der Waals surface area contributed by atoms with Crippen molar-refractivity contribution in [3.05, 3.63) is 22.4 Å². The minimum absolute atomic E-state index is 0.804. The van der Waals surface area contributed by atoms with E-state index in [1.807, 2.05) is 11.3 Å². The molecule has 0 aliphatic rings. The molecule has 0 fully saturated rings. The van der Waals surface area contributed by atoms with Crippen molar-refractivity contribution in [2.75, 3.05) is 13.1 Å². The minimum Gasteiger partial charge on any atom is -0.317 e. The summed E-state index contributed by atoms with van der Waals surface area (Å²) in [5, 5.41) is 5.58. The molecule has 1 rings (SSSR count). The highest BCUT2D eigenvalue weighted by Gasteiger charge is 2.06. The fourth-order valence-corrected chi connectivity index (χ4v) is 2.24. The molecule has 0 aliphatic heterocycles. The maximum atomic E-state index is 3.42. The van der Waals surface area contributed by atoms with Gasteiger partial charge in [0.2, 0.25) is 0 Å². The van der Waals surface area contributed by atoms with Gasteiger partial charge in [-0.15, -0.1) is 11.3 Å². The van der Waals surface area contributed by atoms with E-state index < -0.39 is 0 Å². The van der Waals surface area contributed by atoms with Crippen molar-refractivity contribution in [2.24, 2.45) is 5.92 Å². The summed E-state index contributed by atoms with van der Waals surface area (Å²) in [7, 11) is 0. The number of hydrogen-bond donors (Lipinski definition) is 1. The fraction of sp³-hybridized carbons (Fsp3) is 0.636. The van der Waals surface area contributed by atoms with Crippen LogP contribution in [0.3, 0.4) is 0 Å². The average molecular weight is 197 g/mol. The first-order valence-electron chi connectivity index (χ1n) is 5.09. The van der Waals surface area contributed by atoms with E-state index in [0.717, 1.165) is 19.0 Å². The average Bonchev–Trinajstić information content (AvgIpc) is 2.64. The van der Waals surface area contributed by atoms with E-state index in [-0.39, 0.29) is 0 Å². The van der Waals surface area contributed by atoms with Crippen LogP contribution in [0.15, 0.2) is 17.5 Å². The van der Waals surface area contributed by atoms with Crippen LogP contribution in [0.5, 0.6) is 0 Å². The van der Waals surface area contributed by atoms with E-state index in [9.17, 15) is 0 Å². The zero-order chi connectivity index (χ0) is 9.52. The molecule has 2 heteroatoms. The Morgan fingerprint density at radius 1 is 1.46 bits per heavy atom. The van der Waals surface area contributed by atoms with E-state index in [4.69, 9.17) is 0 Å². The fourth-order valence-electron chi connectivity index (χ4n) is 1.42. The van der Waals surface area contributed by atoms with Crippen molar-refractivity contribution >= 4 is 11.3 Å². The SMILES string of the molecule is CCNCC(CC)Cc1cccs1. The van der Waals surface area contributed by atoms with E-state index in [2.05, 4.69) is 36.7 Å². The Kier molecular flexibility index (Phi) is 5.09. The first kappa shape index (κ1) is 10.7. The largest absolute Gasteiger partial charge is 0.317 e. The van der Waals surface area contributed by atoms with Crippen molar-refractivity contribution in [3.8, 4) is 0 Å². The molecular formula is C11H19NS. The Balaban J connectivity index is 2.31. The molecule has 1 aromatic heterocycles. The Hall–Kier alpha value is -0.340. The summed E-state index contributed by atoms with van der Waals surface area (Å²) in [6.45, 7) is 6.68. The van der Waals surface area contributed by atoms with Gasteiger partial charge in [-0.3, -0.25) is 0 Å². The first-order valence-corrected chi connectivity index (χ1v) is 5.97. The molecule has 1 atom stereocenters. The third kappa shape index (κ3) is 3.92. The summed E-state index contributed by atoms with van der Waals surface area (Å²) in [5.74, 6) is 0.804. The lowest BCUT2D eigenvalue weighted by molar-refractivity contribution is 0.470. The maximum absolute atomic E-state index is 3.42. The highest BCUT2D eigenvalue weighted by molar-refractivity contribution is 7.09. The predicted octanol–water partition coefficient (Wildman–Crippen LogP) is 2.93. The van der Waals surface area contributed by atoms with Crippen LogP contribution >= 0.6 is 11.3 Å². The van der Waals surface area contributed by atoms with Gasteiger partial charge in [-0.2, -0.15) is 0 Å². The molecule has 1 unspecified atom stereocenters. The minimum atomic E-state index is 0.804. The lowest BCUT2D eigenvalue weighted by atomic mass is 10.0. The summed E-state index contributed by atoms with van der Waals surface area (Å²) in [4.78, 5) is 1.52. The molecule has 13 heavy (non-hydrogen) atoms. The van der Waals surface area contributed by atoms with E-state index >= 15 is 0 Å². The van der Waals surface area contributed by atoms with Gasteiger partial charge in [-0.05, 0) is 36.9 Å². The van der Waals surface area contributed by atoms with Crippen molar-refractivity contribution in [2.45, 2.75) is 26.7 Å². The van der Waals surface area contributed by atoms with Gasteiger partial charge in [-0.1, -0.05) is 26.3 Å². The second kappa shape index (κ2) is 6.17. The number of nitrogens with one attached hydrogen (secondary N) is 1. The quantitative estimate of drug-likeness (QED) is 0.739. The maximum Gasteiger partial charge on any atom is 0.00484 e. The summed E-state index contributed by atoms with van der Waals surface area (Å²) in [6.07, 6.45) is 2.51. The summed E-state index contributed by atoms with van der Waals surface area (Å²) < 4.78 is 0. The molecule has 1 aromatic rings. The highest BCUT2D eigenvalue weighted by Crippen LogP contribution is 2.16. The zero-order valence-corrected chi connectivity index (χ0v) is 9.36. The van der Waals surface area contributed by atoms with Crippen LogP contribution in [0.4, 0.5) is 0 Å². The van der Waals surface area contributed by atoms with Crippen LogP contribution in [-0.2, 0) is 6.42 Å². The van der Waals surface area contributed by atoms with Crippen molar-refractivity contribution in [3.63, 3.8) is 0 Å². The van der Waals surface area contributed by atoms with Gasteiger partial charge >= 0.3 is 0 Å². The second-order valence-electron chi connectivity index (χ2n) is 3.37. The third-order valence-electron chi connectivity index (χ3n) is 2.33. The Bertz CT molecular complexity index is 206. The number of rotatable bonds is 6. The highest BCUT2D eigenvalue weighted by atomic mass is 32.1. The van der Waals surface area contributed by atoms with Crippen molar-refractivity contribution in [1.29, 1.82) is 0 Å². The normalized spacial score (nSPS) is 13.1. The molecule has 0 bridgehead atoms. The lowest BCUT2D eigenvalue weighted by Gasteiger charge is -2.13. The molecular weight excluding hydrogens is 178 g/mol. The zero-order valence-electron chi connectivity index (χ0n) is 8.55. The van der Waals surface area contributed by atoms with Crippen LogP contribution in [-0.4, -0.2) is 13.1 Å². The smallest absolute Gasteiger partial charge is 0.00484 e. The Morgan fingerprint density at radius 2 is 2.31 bits per heavy atom. The molecule has 1 heterocycles. The number of thiophene rings is 1. The Labute approximate surface area is 85.2 Å². The number of hydrogen-bond acceptors (Lipinski definition) is 2. The molecule has 1 nitrogen and oxygen atoms in total. The van der Waals surface area contributed by atoms with Gasteiger partial charge in [0.15, 0.2) is 0 Å². The van der Waals surface area contributed by atoms with Crippen LogP contribution in [0.1, 0.15) is 25.1 Å². The predicted molar refractivity (Wildman–Crippen MR) is 60.3 cm³/mol. The van der Waals surface area contributed by atoms with Crippen molar-refractivity contribution in [1.82, 2.24) is 5.32 Å². The van der Waals surface area contributed by atoms with E-state index in [1.165, 1.54) is 17.7 Å². The van der Waals surface area contributed by atoms with Gasteiger partial charge in [-0.25, -0.2) is 0 Å². The van der Waals surface area contributed by atoms with E-state index in [0.29, 0.717) is 0 Å². The molecule has 0 radical (unpaired) electrons. The molecule has 0 saturated heterocycles. The van der Waals surface area contributed by atoms with Gasteiger partial charge in [0.25, 0.3) is 0 Å². The molecule has 0 amide bonds. The van der Waals surface area contributed by atoms with Crippen LogP contribution < -0.4 is 5.32 Å².